The molecule has 5 heteroatoms. The van der Waals surface area contributed by atoms with Gasteiger partial charge < -0.3 is 15.2 Å². The fourth-order valence-electron chi connectivity index (χ4n) is 2.00. The molecular weight excluding hydrogens is 270 g/mol. The second kappa shape index (κ2) is 5.66. The van der Waals surface area contributed by atoms with E-state index in [4.69, 9.17) is 15.2 Å². The summed E-state index contributed by atoms with van der Waals surface area (Å²) in [6, 6.07) is 6.91. The molecule has 2 aromatic rings. The van der Waals surface area contributed by atoms with E-state index in [1.54, 1.807) is 6.07 Å². The smallest absolute Gasteiger partial charge is 0.335 e. The van der Waals surface area contributed by atoms with Gasteiger partial charge in [0.1, 0.15) is 5.75 Å². The molecule has 5 nitrogen and oxygen atoms in total. The number of esters is 2. The van der Waals surface area contributed by atoms with Crippen LogP contribution < -0.4 is 15.2 Å². The van der Waals surface area contributed by atoms with E-state index in [9.17, 15) is 9.59 Å². The number of anilines is 1. The largest absolute Gasteiger partial charge is 0.426 e. The maximum Gasteiger partial charge on any atom is 0.335 e. The van der Waals surface area contributed by atoms with E-state index in [1.807, 2.05) is 19.1 Å². The zero-order chi connectivity index (χ0) is 15.6. The van der Waals surface area contributed by atoms with Crippen LogP contribution in [-0.2, 0) is 9.59 Å². The number of carbonyl (C=O) groups excluding carboxylic acids is 2. The minimum atomic E-state index is -0.608. The molecule has 2 N–H and O–H groups in total. The number of ether oxygens (including phenoxy) is 2. The van der Waals surface area contributed by atoms with Gasteiger partial charge in [0.25, 0.3) is 0 Å². The van der Waals surface area contributed by atoms with Crippen molar-refractivity contribution in [3.05, 3.63) is 42.5 Å². The second-order valence-corrected chi connectivity index (χ2v) is 4.56. The molecule has 0 aliphatic carbocycles. The minimum Gasteiger partial charge on any atom is -0.426 e. The molecule has 0 radical (unpaired) electrons. The molecule has 0 aliphatic heterocycles. The highest BCUT2D eigenvalue weighted by Gasteiger charge is 2.15. The van der Waals surface area contributed by atoms with Gasteiger partial charge in [-0.1, -0.05) is 24.3 Å². The van der Waals surface area contributed by atoms with E-state index in [0.29, 0.717) is 16.5 Å². The molecule has 2 rings (SSSR count). The van der Waals surface area contributed by atoms with Crippen molar-refractivity contribution in [2.24, 2.45) is 0 Å². The Hall–Kier alpha value is -2.82. The lowest BCUT2D eigenvalue weighted by Gasteiger charge is -2.13. The number of rotatable bonds is 3. The summed E-state index contributed by atoms with van der Waals surface area (Å²) >= 11 is 0. The van der Waals surface area contributed by atoms with Crippen LogP contribution in [0.2, 0.25) is 0 Å². The number of hydrogen-bond acceptors (Lipinski definition) is 5. The molecule has 0 spiro atoms. The van der Waals surface area contributed by atoms with Gasteiger partial charge in [0.2, 0.25) is 0 Å². The lowest BCUT2D eigenvalue weighted by Crippen LogP contribution is -2.08. The third-order valence-corrected chi connectivity index (χ3v) is 2.86. The summed E-state index contributed by atoms with van der Waals surface area (Å²) in [4.78, 5) is 22.6. The Bertz CT molecular complexity index is 750. The Kier molecular flexibility index (Phi) is 3.93. The van der Waals surface area contributed by atoms with Crippen LogP contribution in [0.25, 0.3) is 10.8 Å². The van der Waals surface area contributed by atoms with E-state index in [1.165, 1.54) is 13.0 Å². The van der Waals surface area contributed by atoms with Crippen LogP contribution in [0, 0.1) is 6.92 Å². The molecule has 108 valence electrons. The zero-order valence-electron chi connectivity index (χ0n) is 11.8. The zero-order valence-corrected chi connectivity index (χ0v) is 11.8. The first kappa shape index (κ1) is 14.6. The maximum absolute atomic E-state index is 11.4. The standard InChI is InChI=1S/C16H15NO4/c1-4-15(19)21-16-11-6-5-9(2)7-12(11)14(8-13(16)17)20-10(3)18/h4-8H,1,17H2,2-3H3. The van der Waals surface area contributed by atoms with E-state index in [-0.39, 0.29) is 11.4 Å². The van der Waals surface area contributed by atoms with Gasteiger partial charge in [0, 0.05) is 29.8 Å². The molecule has 0 saturated heterocycles. The van der Waals surface area contributed by atoms with Gasteiger partial charge in [-0.05, 0) is 13.0 Å². The van der Waals surface area contributed by atoms with Crippen LogP contribution in [0.5, 0.6) is 11.5 Å². The van der Waals surface area contributed by atoms with Crippen molar-refractivity contribution in [2.75, 3.05) is 5.73 Å². The Morgan fingerprint density at radius 2 is 1.90 bits per heavy atom. The fourth-order valence-corrected chi connectivity index (χ4v) is 2.00. The molecular formula is C16H15NO4. The first-order valence-corrected chi connectivity index (χ1v) is 6.28. The predicted octanol–water partition coefficient (Wildman–Crippen LogP) is 2.75. The molecule has 2 aromatic carbocycles. The highest BCUT2D eigenvalue weighted by Crippen LogP contribution is 2.39. The summed E-state index contributed by atoms with van der Waals surface area (Å²) in [5.41, 5.74) is 7.08. The van der Waals surface area contributed by atoms with Crippen LogP contribution in [0.4, 0.5) is 5.69 Å². The summed E-state index contributed by atoms with van der Waals surface area (Å²) in [7, 11) is 0. The summed E-state index contributed by atoms with van der Waals surface area (Å²) in [6.07, 6.45) is 1.06. The Morgan fingerprint density at radius 3 is 2.52 bits per heavy atom. The van der Waals surface area contributed by atoms with Crippen molar-refractivity contribution >= 4 is 28.4 Å². The molecule has 0 fully saturated rings. The highest BCUT2D eigenvalue weighted by atomic mass is 16.5. The van der Waals surface area contributed by atoms with E-state index in [2.05, 4.69) is 6.58 Å². The summed E-state index contributed by atoms with van der Waals surface area (Å²) in [6.45, 7) is 6.57. The Morgan fingerprint density at radius 1 is 1.19 bits per heavy atom. The molecule has 0 atom stereocenters. The van der Waals surface area contributed by atoms with Crippen LogP contribution in [0.1, 0.15) is 12.5 Å². The average molecular weight is 285 g/mol. The summed E-state index contributed by atoms with van der Waals surface area (Å²) in [5.74, 6) is -0.500. The van der Waals surface area contributed by atoms with Gasteiger partial charge in [0.05, 0.1) is 5.69 Å². The number of fused-ring (bicyclic) bond motifs is 1. The second-order valence-electron chi connectivity index (χ2n) is 4.56. The van der Waals surface area contributed by atoms with Crippen LogP contribution in [0.15, 0.2) is 36.9 Å². The lowest BCUT2D eigenvalue weighted by molar-refractivity contribution is -0.132. The molecule has 0 amide bonds. The molecule has 0 aromatic heterocycles. The maximum atomic E-state index is 11.4. The number of hydrogen-bond donors (Lipinski definition) is 1. The summed E-state index contributed by atoms with van der Waals surface area (Å²) < 4.78 is 10.4. The number of nitrogen functional groups attached to an aromatic ring is 1. The van der Waals surface area contributed by atoms with E-state index >= 15 is 0 Å². The van der Waals surface area contributed by atoms with Crippen LogP contribution in [0.3, 0.4) is 0 Å². The first-order valence-electron chi connectivity index (χ1n) is 6.28. The van der Waals surface area contributed by atoms with Crippen molar-refractivity contribution < 1.29 is 19.1 Å². The molecule has 0 aliphatic rings. The highest BCUT2D eigenvalue weighted by molar-refractivity contribution is 6.01. The lowest BCUT2D eigenvalue weighted by atomic mass is 10.0. The van der Waals surface area contributed by atoms with Crippen molar-refractivity contribution in [2.45, 2.75) is 13.8 Å². The first-order chi connectivity index (χ1) is 9.92. The van der Waals surface area contributed by atoms with Gasteiger partial charge in [-0.25, -0.2) is 4.79 Å². The number of carbonyl (C=O) groups is 2. The molecule has 0 unspecified atom stereocenters. The topological polar surface area (TPSA) is 78.6 Å². The van der Waals surface area contributed by atoms with Gasteiger partial charge >= 0.3 is 11.9 Å². The summed E-state index contributed by atoms with van der Waals surface area (Å²) in [5, 5.41) is 1.23. The number of nitrogens with two attached hydrogens (primary N) is 1. The predicted molar refractivity (Wildman–Crippen MR) is 80.2 cm³/mol. The third-order valence-electron chi connectivity index (χ3n) is 2.86. The Labute approximate surface area is 122 Å². The monoisotopic (exact) mass is 285 g/mol. The minimum absolute atomic E-state index is 0.206. The molecule has 0 heterocycles. The van der Waals surface area contributed by atoms with Crippen molar-refractivity contribution in [3.8, 4) is 11.5 Å². The van der Waals surface area contributed by atoms with Crippen LogP contribution in [-0.4, -0.2) is 11.9 Å². The molecule has 0 saturated carbocycles. The van der Waals surface area contributed by atoms with E-state index < -0.39 is 11.9 Å². The van der Waals surface area contributed by atoms with Crippen molar-refractivity contribution in [1.82, 2.24) is 0 Å². The van der Waals surface area contributed by atoms with Crippen LogP contribution >= 0.6 is 0 Å². The molecule has 0 bridgehead atoms. The number of benzene rings is 2. The van der Waals surface area contributed by atoms with Gasteiger partial charge in [-0.2, -0.15) is 0 Å². The van der Waals surface area contributed by atoms with E-state index in [0.717, 1.165) is 11.6 Å². The third kappa shape index (κ3) is 3.02. The quantitative estimate of drug-likeness (QED) is 0.406. The SMILES string of the molecule is C=CC(=O)Oc1c(N)cc(OC(C)=O)c2cc(C)ccc12. The van der Waals surface area contributed by atoms with Crippen molar-refractivity contribution in [1.29, 1.82) is 0 Å². The number of aryl methyl sites for hydroxylation is 1. The van der Waals surface area contributed by atoms with Gasteiger partial charge in [0.15, 0.2) is 5.75 Å². The van der Waals surface area contributed by atoms with Gasteiger partial charge in [-0.15, -0.1) is 0 Å². The van der Waals surface area contributed by atoms with Gasteiger partial charge in [-0.3, -0.25) is 4.79 Å². The van der Waals surface area contributed by atoms with Crippen molar-refractivity contribution in [3.63, 3.8) is 0 Å². The molecule has 21 heavy (non-hydrogen) atoms. The average Bonchev–Trinajstić information content (AvgIpc) is 2.42. The normalized spacial score (nSPS) is 10.2. The fraction of sp³-hybridized carbons (Fsp3) is 0.125. The Balaban J connectivity index is 2.71.